The van der Waals surface area contributed by atoms with Crippen LogP contribution >= 0.6 is 0 Å². The number of fused-ring (bicyclic) bond motifs is 2. The molecule has 1 saturated heterocycles. The number of hydrogen-bond donors (Lipinski definition) is 2. The number of imide groups is 1. The molecule has 4 heterocycles. The Balaban J connectivity index is 1.20. The number of carbonyl (C=O) groups excluding carboxylic acids is 4. The van der Waals surface area contributed by atoms with Crippen LogP contribution < -0.4 is 15.5 Å². The van der Waals surface area contributed by atoms with Gasteiger partial charge < -0.3 is 19.9 Å². The van der Waals surface area contributed by atoms with Gasteiger partial charge in [0.2, 0.25) is 5.91 Å². The Bertz CT molecular complexity index is 1650. The van der Waals surface area contributed by atoms with Crippen LogP contribution in [0.25, 0.3) is 10.9 Å². The Morgan fingerprint density at radius 2 is 1.85 bits per heavy atom. The predicted octanol–water partition coefficient (Wildman–Crippen LogP) is 2.81. The van der Waals surface area contributed by atoms with Crippen molar-refractivity contribution in [2.24, 2.45) is 0 Å². The summed E-state index contributed by atoms with van der Waals surface area (Å²) < 4.78 is 5.29. The maximum absolute atomic E-state index is 12.7. The molecule has 0 saturated carbocycles. The van der Waals surface area contributed by atoms with Gasteiger partial charge in [-0.15, -0.1) is 0 Å². The Hall–Kier alpha value is -4.47. The molecule has 3 aromatic rings. The van der Waals surface area contributed by atoms with E-state index < -0.39 is 11.0 Å². The highest BCUT2D eigenvalue weighted by Gasteiger charge is 2.54. The van der Waals surface area contributed by atoms with Crippen molar-refractivity contribution < 1.29 is 23.9 Å². The van der Waals surface area contributed by atoms with Gasteiger partial charge in [-0.2, -0.15) is 0 Å². The van der Waals surface area contributed by atoms with Gasteiger partial charge in [0.25, 0.3) is 5.91 Å². The zero-order chi connectivity index (χ0) is 27.8. The molecular weight excluding hydrogens is 510 g/mol. The maximum atomic E-state index is 12.7. The van der Waals surface area contributed by atoms with Gasteiger partial charge >= 0.3 is 12.0 Å². The van der Waals surface area contributed by atoms with Crippen molar-refractivity contribution in [1.29, 1.82) is 0 Å². The average molecular weight is 540 g/mol. The number of amides is 4. The van der Waals surface area contributed by atoms with Crippen LogP contribution in [0, 0.1) is 0 Å². The molecule has 2 N–H and O–H groups in total. The molecule has 2 unspecified atom stereocenters. The van der Waals surface area contributed by atoms with E-state index in [1.54, 1.807) is 14.0 Å². The minimum Gasteiger partial charge on any atom is -0.466 e. The van der Waals surface area contributed by atoms with Crippen molar-refractivity contribution in [3.8, 4) is 0 Å². The van der Waals surface area contributed by atoms with Gasteiger partial charge in [-0.05, 0) is 48.4 Å². The van der Waals surface area contributed by atoms with Gasteiger partial charge in [0.15, 0.2) is 0 Å². The minimum atomic E-state index is -0.878. The lowest BCUT2D eigenvalue weighted by atomic mass is 9.73. The number of aromatic nitrogens is 1. The summed E-state index contributed by atoms with van der Waals surface area (Å²) in [6.07, 6.45) is 1.29. The Labute approximate surface area is 230 Å². The summed E-state index contributed by atoms with van der Waals surface area (Å²) in [7, 11) is 1.67. The molecule has 7 rings (SSSR count). The maximum Gasteiger partial charge on any atom is 0.324 e. The molecule has 1 aromatic heterocycles. The molecule has 1 aliphatic carbocycles. The summed E-state index contributed by atoms with van der Waals surface area (Å²) in [4.78, 5) is 58.9. The second kappa shape index (κ2) is 8.51. The summed E-state index contributed by atoms with van der Waals surface area (Å²) >= 11 is 0. The standard InChI is InChI=1S/C30H29N5O5/c1-3-40-25(37)14-29-13-24(36)32-21-5-4-6-23(26(21)29)35(16-29)15-20-8-7-17-9-18-11-30(12-19(18)10-22(17)31-20)27(38)33-28(39)34(30)2/h4-10H,3,11-16H2,1-2H3,(H,32,36)(H,33,38,39). The third-order valence-electron chi connectivity index (χ3n) is 8.94. The van der Waals surface area contributed by atoms with Crippen molar-refractivity contribution in [3.63, 3.8) is 0 Å². The quantitative estimate of drug-likeness (QED) is 0.378. The van der Waals surface area contributed by atoms with Crippen molar-refractivity contribution in [2.45, 2.75) is 50.1 Å². The molecule has 1 spiro atoms. The SMILES string of the molecule is CCOC(=O)CC12CC(=O)Nc3cccc(c31)N(Cc1ccc3cc4c(cc3n1)CC1(C4)C(=O)NC(=O)N1C)C2. The van der Waals surface area contributed by atoms with Crippen LogP contribution in [0.2, 0.25) is 0 Å². The highest BCUT2D eigenvalue weighted by molar-refractivity contribution is 6.08. The van der Waals surface area contributed by atoms with Gasteiger partial charge in [0.05, 0.1) is 30.8 Å². The van der Waals surface area contributed by atoms with Crippen LogP contribution in [0.3, 0.4) is 0 Å². The van der Waals surface area contributed by atoms with Crippen LogP contribution in [0.15, 0.2) is 42.5 Å². The predicted molar refractivity (Wildman–Crippen MR) is 147 cm³/mol. The van der Waals surface area contributed by atoms with Gasteiger partial charge in [-0.25, -0.2) is 4.79 Å². The third-order valence-corrected chi connectivity index (χ3v) is 8.94. The number of likely N-dealkylation sites (N-methyl/N-ethyl adjacent to an activating group) is 1. The van der Waals surface area contributed by atoms with E-state index in [0.717, 1.165) is 44.7 Å². The minimum absolute atomic E-state index is 0.102. The van der Waals surface area contributed by atoms with Crippen molar-refractivity contribution in [2.75, 3.05) is 30.4 Å². The zero-order valence-corrected chi connectivity index (χ0v) is 22.4. The van der Waals surface area contributed by atoms with E-state index in [4.69, 9.17) is 9.72 Å². The largest absolute Gasteiger partial charge is 0.466 e. The average Bonchev–Trinajstić information content (AvgIpc) is 3.49. The lowest BCUT2D eigenvalue weighted by molar-refractivity contribution is -0.144. The fourth-order valence-corrected chi connectivity index (χ4v) is 7.13. The molecule has 2 aromatic carbocycles. The Morgan fingerprint density at radius 1 is 1.05 bits per heavy atom. The van der Waals surface area contributed by atoms with E-state index in [1.807, 2.05) is 36.4 Å². The topological polar surface area (TPSA) is 121 Å². The number of esters is 1. The molecule has 2 atom stereocenters. The van der Waals surface area contributed by atoms with Crippen LogP contribution in [0.1, 0.15) is 42.1 Å². The fourth-order valence-electron chi connectivity index (χ4n) is 7.13. The van der Waals surface area contributed by atoms with Crippen LogP contribution in [0.5, 0.6) is 0 Å². The number of nitrogens with zero attached hydrogens (tertiary/aromatic N) is 3. The number of nitrogens with one attached hydrogen (secondary N) is 2. The van der Waals surface area contributed by atoms with Gasteiger partial charge in [-0.1, -0.05) is 12.1 Å². The van der Waals surface area contributed by atoms with Gasteiger partial charge in [0.1, 0.15) is 5.54 Å². The first-order valence-electron chi connectivity index (χ1n) is 13.6. The molecule has 10 nitrogen and oxygen atoms in total. The second-order valence-corrected chi connectivity index (χ2v) is 11.4. The number of benzene rings is 2. The first-order valence-corrected chi connectivity index (χ1v) is 13.6. The number of urea groups is 1. The lowest BCUT2D eigenvalue weighted by Gasteiger charge is -2.33. The molecular formula is C30H29N5O5. The summed E-state index contributed by atoms with van der Waals surface area (Å²) in [5.74, 6) is -0.661. The first-order chi connectivity index (χ1) is 19.2. The molecule has 204 valence electrons. The molecule has 40 heavy (non-hydrogen) atoms. The summed E-state index contributed by atoms with van der Waals surface area (Å²) in [6, 6.07) is 13.6. The van der Waals surface area contributed by atoms with E-state index in [1.165, 1.54) is 4.90 Å². The normalized spacial score (nSPS) is 24.4. The van der Waals surface area contributed by atoms with Crippen LogP contribution in [0.4, 0.5) is 16.2 Å². The smallest absolute Gasteiger partial charge is 0.324 e. The van der Waals surface area contributed by atoms with Crippen molar-refractivity contribution >= 4 is 46.1 Å². The van der Waals surface area contributed by atoms with Crippen LogP contribution in [-0.4, -0.2) is 59.4 Å². The lowest BCUT2D eigenvalue weighted by Crippen LogP contribution is -2.48. The second-order valence-electron chi connectivity index (χ2n) is 11.4. The Morgan fingerprint density at radius 3 is 2.60 bits per heavy atom. The number of hydrogen-bond acceptors (Lipinski definition) is 7. The third kappa shape index (κ3) is 3.51. The molecule has 3 aliphatic heterocycles. The number of carbonyl (C=O) groups is 4. The summed E-state index contributed by atoms with van der Waals surface area (Å²) in [5.41, 5.74) is 4.94. The summed E-state index contributed by atoms with van der Waals surface area (Å²) in [6.45, 7) is 3.09. The van der Waals surface area contributed by atoms with E-state index in [9.17, 15) is 19.2 Å². The van der Waals surface area contributed by atoms with E-state index in [2.05, 4.69) is 21.6 Å². The number of rotatable bonds is 5. The highest BCUT2D eigenvalue weighted by Crippen LogP contribution is 2.51. The fraction of sp³-hybridized carbons (Fsp3) is 0.367. The number of ether oxygens (including phenoxy) is 1. The van der Waals surface area contributed by atoms with Crippen LogP contribution in [-0.2, 0) is 43.9 Å². The highest BCUT2D eigenvalue weighted by atomic mass is 16.5. The first kappa shape index (κ1) is 24.6. The Kier molecular flexibility index (Phi) is 5.23. The molecule has 0 radical (unpaired) electrons. The van der Waals surface area contributed by atoms with Crippen molar-refractivity contribution in [1.82, 2.24) is 15.2 Å². The molecule has 4 aliphatic rings. The molecule has 4 amide bonds. The molecule has 0 bridgehead atoms. The number of pyridine rings is 1. The van der Waals surface area contributed by atoms with E-state index in [0.29, 0.717) is 32.5 Å². The molecule has 1 fully saturated rings. The van der Waals surface area contributed by atoms with E-state index in [-0.39, 0.29) is 36.7 Å². The summed E-state index contributed by atoms with van der Waals surface area (Å²) in [5, 5.41) is 6.40. The zero-order valence-electron chi connectivity index (χ0n) is 22.4. The molecule has 10 heteroatoms. The van der Waals surface area contributed by atoms with E-state index >= 15 is 0 Å². The van der Waals surface area contributed by atoms with Gasteiger partial charge in [0, 0.05) is 60.6 Å². The van der Waals surface area contributed by atoms with Crippen molar-refractivity contribution in [3.05, 3.63) is 64.8 Å². The van der Waals surface area contributed by atoms with Gasteiger partial charge in [-0.3, -0.25) is 24.7 Å². The number of anilines is 2. The monoisotopic (exact) mass is 539 g/mol.